The van der Waals surface area contributed by atoms with Crippen molar-refractivity contribution in [2.75, 3.05) is 7.11 Å². The summed E-state index contributed by atoms with van der Waals surface area (Å²) in [5, 5.41) is 9.87. The molecule has 3 rings (SSSR count). The first kappa shape index (κ1) is 16.8. The van der Waals surface area contributed by atoms with Gasteiger partial charge < -0.3 is 9.30 Å². The number of fused-ring (bicyclic) bond motifs is 3. The van der Waals surface area contributed by atoms with Crippen LogP contribution in [-0.4, -0.2) is 22.8 Å². The van der Waals surface area contributed by atoms with Crippen molar-refractivity contribution in [2.24, 2.45) is 0 Å². The molecule has 5 nitrogen and oxygen atoms in total. The van der Waals surface area contributed by atoms with Crippen molar-refractivity contribution in [3.8, 4) is 5.75 Å². The molecule has 1 aliphatic carbocycles. The Balaban J connectivity index is 1.80. The highest BCUT2D eigenvalue weighted by Gasteiger charge is 2.21. The summed E-state index contributed by atoms with van der Waals surface area (Å²) in [6.07, 6.45) is 7.98. The van der Waals surface area contributed by atoms with Gasteiger partial charge in [0.25, 0.3) is 0 Å². The van der Waals surface area contributed by atoms with Crippen LogP contribution in [0.15, 0.2) is 18.2 Å². The summed E-state index contributed by atoms with van der Waals surface area (Å²) in [6, 6.07) is 6.33. The molecule has 0 unspecified atom stereocenters. The van der Waals surface area contributed by atoms with Gasteiger partial charge in [-0.25, -0.2) is 5.48 Å². The first-order valence-corrected chi connectivity index (χ1v) is 8.86. The van der Waals surface area contributed by atoms with Crippen LogP contribution in [0, 0.1) is 0 Å². The fourth-order valence-corrected chi connectivity index (χ4v) is 3.86. The Kier molecular flexibility index (Phi) is 5.41. The van der Waals surface area contributed by atoms with Crippen LogP contribution in [0.3, 0.4) is 0 Å². The predicted octanol–water partition coefficient (Wildman–Crippen LogP) is 3.59. The van der Waals surface area contributed by atoms with E-state index in [1.54, 1.807) is 12.6 Å². The number of ether oxygens (including phenoxy) is 1. The average Bonchev–Trinajstić information content (AvgIpc) is 2.95. The van der Waals surface area contributed by atoms with Crippen molar-refractivity contribution in [3.05, 3.63) is 29.5 Å². The van der Waals surface area contributed by atoms with Gasteiger partial charge in [-0.15, -0.1) is 0 Å². The number of nitrogens with one attached hydrogen (secondary N) is 1. The molecule has 0 saturated carbocycles. The van der Waals surface area contributed by atoms with Crippen LogP contribution in [-0.2, 0) is 24.2 Å². The Morgan fingerprint density at radius 3 is 2.88 bits per heavy atom. The fourth-order valence-electron chi connectivity index (χ4n) is 3.86. The maximum Gasteiger partial charge on any atom is 0.243 e. The number of aryl methyl sites for hydroxylation is 2. The number of benzene rings is 1. The average molecular weight is 330 g/mol. The van der Waals surface area contributed by atoms with Gasteiger partial charge >= 0.3 is 0 Å². The summed E-state index contributed by atoms with van der Waals surface area (Å²) < 4.78 is 8.06. The number of methoxy groups -OCH3 is 1. The third-order valence-electron chi connectivity index (χ3n) is 4.99. The van der Waals surface area contributed by atoms with Crippen LogP contribution in [0.5, 0.6) is 5.75 Å². The van der Waals surface area contributed by atoms with Gasteiger partial charge in [-0.2, -0.15) is 0 Å². The van der Waals surface area contributed by atoms with Crippen molar-refractivity contribution in [3.63, 3.8) is 0 Å². The number of hydroxylamine groups is 1. The molecule has 0 atom stereocenters. The maximum atomic E-state index is 11.1. The van der Waals surface area contributed by atoms with Gasteiger partial charge in [0.15, 0.2) is 0 Å². The number of unbranched alkanes of at least 4 members (excludes halogenated alkanes) is 2. The summed E-state index contributed by atoms with van der Waals surface area (Å²) in [5.41, 5.74) is 5.87. The van der Waals surface area contributed by atoms with Crippen LogP contribution in [0.4, 0.5) is 0 Å². The van der Waals surface area contributed by atoms with Gasteiger partial charge in [-0.1, -0.05) is 18.6 Å². The Labute approximate surface area is 142 Å². The zero-order valence-electron chi connectivity index (χ0n) is 14.3. The minimum absolute atomic E-state index is 0.305. The number of nitrogens with zero attached hydrogens (tertiary/aromatic N) is 1. The SMILES string of the molecule is COc1cccc2c3c(n(CCCCCC(=O)NO)c12)CCCC3. The molecule has 2 N–H and O–H groups in total. The number of hydrogen-bond acceptors (Lipinski definition) is 3. The second-order valence-electron chi connectivity index (χ2n) is 6.49. The lowest BCUT2D eigenvalue weighted by atomic mass is 9.95. The van der Waals surface area contributed by atoms with Crippen LogP contribution in [0.25, 0.3) is 10.9 Å². The number of amides is 1. The van der Waals surface area contributed by atoms with Crippen LogP contribution < -0.4 is 10.2 Å². The molecule has 130 valence electrons. The van der Waals surface area contributed by atoms with Gasteiger partial charge in [0.1, 0.15) is 5.75 Å². The predicted molar refractivity (Wildman–Crippen MR) is 93.5 cm³/mol. The van der Waals surface area contributed by atoms with Gasteiger partial charge in [0, 0.05) is 24.0 Å². The first-order valence-electron chi connectivity index (χ1n) is 8.86. The third kappa shape index (κ3) is 3.26. The minimum Gasteiger partial charge on any atom is -0.495 e. The summed E-state index contributed by atoms with van der Waals surface area (Å²) in [7, 11) is 1.73. The monoisotopic (exact) mass is 330 g/mol. The molecule has 0 spiro atoms. The lowest BCUT2D eigenvalue weighted by molar-refractivity contribution is -0.129. The summed E-state index contributed by atoms with van der Waals surface area (Å²) >= 11 is 0. The second-order valence-corrected chi connectivity index (χ2v) is 6.49. The van der Waals surface area contributed by atoms with Crippen molar-refractivity contribution in [1.29, 1.82) is 0 Å². The van der Waals surface area contributed by atoms with Crippen LogP contribution in [0.2, 0.25) is 0 Å². The minimum atomic E-state index is -0.305. The number of carbonyl (C=O) groups is 1. The Morgan fingerprint density at radius 1 is 1.25 bits per heavy atom. The normalized spacial score (nSPS) is 13.8. The molecule has 0 radical (unpaired) electrons. The molecule has 1 aliphatic rings. The van der Waals surface area contributed by atoms with E-state index in [4.69, 9.17) is 9.94 Å². The second kappa shape index (κ2) is 7.71. The summed E-state index contributed by atoms with van der Waals surface area (Å²) in [6.45, 7) is 0.951. The third-order valence-corrected chi connectivity index (χ3v) is 4.99. The molecule has 24 heavy (non-hydrogen) atoms. The topological polar surface area (TPSA) is 63.5 Å². The number of hydrogen-bond donors (Lipinski definition) is 2. The zero-order valence-corrected chi connectivity index (χ0v) is 14.3. The lowest BCUT2D eigenvalue weighted by Gasteiger charge is -2.16. The zero-order chi connectivity index (χ0) is 16.9. The van der Waals surface area contributed by atoms with Gasteiger partial charge in [0.2, 0.25) is 5.91 Å². The van der Waals surface area contributed by atoms with Crippen molar-refractivity contribution in [1.82, 2.24) is 10.0 Å². The van der Waals surface area contributed by atoms with Crippen LogP contribution >= 0.6 is 0 Å². The summed E-state index contributed by atoms with van der Waals surface area (Å²) in [4.78, 5) is 11.1. The molecule has 5 heteroatoms. The van der Waals surface area contributed by atoms with Crippen molar-refractivity contribution >= 4 is 16.8 Å². The van der Waals surface area contributed by atoms with E-state index in [9.17, 15) is 4.79 Å². The van der Waals surface area contributed by atoms with E-state index in [-0.39, 0.29) is 5.91 Å². The van der Waals surface area contributed by atoms with Crippen molar-refractivity contribution in [2.45, 2.75) is 57.9 Å². The fraction of sp³-hybridized carbons (Fsp3) is 0.526. The lowest BCUT2D eigenvalue weighted by Crippen LogP contribution is -2.17. The van der Waals surface area contributed by atoms with Crippen molar-refractivity contribution < 1.29 is 14.7 Å². The molecule has 1 aromatic heterocycles. The van der Waals surface area contributed by atoms with Gasteiger partial charge in [-0.3, -0.25) is 10.0 Å². The molecule has 2 aromatic rings. The Morgan fingerprint density at radius 2 is 2.08 bits per heavy atom. The molecule has 1 amide bonds. The first-order chi connectivity index (χ1) is 11.8. The van der Waals surface area contributed by atoms with E-state index >= 15 is 0 Å². The van der Waals surface area contributed by atoms with E-state index < -0.39 is 0 Å². The smallest absolute Gasteiger partial charge is 0.243 e. The van der Waals surface area contributed by atoms with Gasteiger partial charge in [0.05, 0.1) is 12.6 Å². The summed E-state index contributed by atoms with van der Waals surface area (Å²) in [5.74, 6) is 0.641. The highest BCUT2D eigenvalue weighted by atomic mass is 16.5. The maximum absolute atomic E-state index is 11.1. The standard InChI is InChI=1S/C19H26N2O3/c1-24-17-11-7-9-15-14-8-4-5-10-16(14)21(19(15)17)13-6-2-3-12-18(22)20-23/h7,9,11,23H,2-6,8,10,12-13H2,1H3,(H,20,22). The van der Waals surface area contributed by atoms with E-state index in [1.165, 1.54) is 35.0 Å². The number of para-hydroxylation sites is 1. The van der Waals surface area contributed by atoms with Gasteiger partial charge in [-0.05, 0) is 50.2 Å². The van der Waals surface area contributed by atoms with Crippen LogP contribution in [0.1, 0.15) is 49.8 Å². The molecule has 0 aliphatic heterocycles. The Hall–Kier alpha value is -2.01. The van der Waals surface area contributed by atoms with E-state index in [0.717, 1.165) is 44.4 Å². The molecular weight excluding hydrogens is 304 g/mol. The highest BCUT2D eigenvalue weighted by Crippen LogP contribution is 2.37. The molecule has 1 aromatic carbocycles. The number of carbonyl (C=O) groups excluding carboxylic acids is 1. The molecule has 0 bridgehead atoms. The molecule has 0 saturated heterocycles. The number of aromatic nitrogens is 1. The molecular formula is C19H26N2O3. The van der Waals surface area contributed by atoms with E-state index in [1.807, 2.05) is 6.07 Å². The van der Waals surface area contributed by atoms with E-state index in [2.05, 4.69) is 16.7 Å². The van der Waals surface area contributed by atoms with E-state index in [0.29, 0.717) is 6.42 Å². The Bertz CT molecular complexity index is 721. The number of rotatable bonds is 7. The quantitative estimate of drug-likeness (QED) is 0.463. The molecule has 1 heterocycles. The highest BCUT2D eigenvalue weighted by molar-refractivity contribution is 5.90. The molecule has 0 fully saturated rings. The largest absolute Gasteiger partial charge is 0.495 e.